The summed E-state index contributed by atoms with van der Waals surface area (Å²) in [5, 5.41) is 4.41. The molecule has 0 unspecified atom stereocenters. The molecule has 0 atom stereocenters. The van der Waals surface area contributed by atoms with Gasteiger partial charge in [-0.15, -0.1) is 0 Å². The molecule has 1 aliphatic carbocycles. The molecule has 1 fully saturated rings. The molecule has 16 heavy (non-hydrogen) atoms. The van der Waals surface area contributed by atoms with Crippen LogP contribution in [0.2, 0.25) is 5.02 Å². The lowest BCUT2D eigenvalue weighted by molar-refractivity contribution is 0.372. The van der Waals surface area contributed by atoms with Crippen molar-refractivity contribution in [2.45, 2.75) is 44.7 Å². The fourth-order valence-corrected chi connectivity index (χ4v) is 3.21. The molecule has 0 radical (unpaired) electrons. The molecule has 1 nitrogen and oxygen atoms in total. The van der Waals surface area contributed by atoms with Crippen LogP contribution in [-0.4, -0.2) is 6.04 Å². The van der Waals surface area contributed by atoms with Gasteiger partial charge in [-0.3, -0.25) is 0 Å². The Balaban J connectivity index is 1.88. The van der Waals surface area contributed by atoms with E-state index in [0.717, 1.165) is 16.0 Å². The van der Waals surface area contributed by atoms with Crippen LogP contribution in [0.15, 0.2) is 22.7 Å². The van der Waals surface area contributed by atoms with Crippen LogP contribution in [0.5, 0.6) is 0 Å². The van der Waals surface area contributed by atoms with Crippen molar-refractivity contribution in [2.24, 2.45) is 0 Å². The van der Waals surface area contributed by atoms with Gasteiger partial charge in [0.2, 0.25) is 0 Å². The average molecular weight is 303 g/mol. The summed E-state index contributed by atoms with van der Waals surface area (Å²) in [4.78, 5) is 0. The number of nitrogens with one attached hydrogen (secondary N) is 1. The lowest BCUT2D eigenvalue weighted by atomic mass is 9.95. The van der Waals surface area contributed by atoms with Gasteiger partial charge in [-0.25, -0.2) is 0 Å². The minimum absolute atomic E-state index is 0.700. The van der Waals surface area contributed by atoms with Gasteiger partial charge in [-0.2, -0.15) is 0 Å². The third-order valence-electron chi connectivity index (χ3n) is 3.12. The Hall–Kier alpha value is -0.0500. The first-order valence-corrected chi connectivity index (χ1v) is 7.09. The van der Waals surface area contributed by atoms with E-state index in [1.54, 1.807) is 0 Å². The molecule has 0 spiro atoms. The predicted octanol–water partition coefficient (Wildman–Crippen LogP) is 4.52. The summed E-state index contributed by atoms with van der Waals surface area (Å²) in [6.07, 6.45) is 6.79. The fraction of sp³-hybridized carbons (Fsp3) is 0.538. The monoisotopic (exact) mass is 301 g/mol. The molecule has 0 saturated heterocycles. The van der Waals surface area contributed by atoms with Crippen molar-refractivity contribution in [3.8, 4) is 0 Å². The van der Waals surface area contributed by atoms with Crippen LogP contribution >= 0.6 is 27.5 Å². The maximum atomic E-state index is 6.01. The number of halogens is 2. The molecule has 0 heterocycles. The largest absolute Gasteiger partial charge is 0.310 e. The third-order valence-corrected chi connectivity index (χ3v) is 3.80. The molecule has 0 aliphatic heterocycles. The smallest absolute Gasteiger partial charge is 0.0420 e. The summed E-state index contributed by atoms with van der Waals surface area (Å²) in [5.41, 5.74) is 1.25. The van der Waals surface area contributed by atoms with Gasteiger partial charge in [0, 0.05) is 22.1 Å². The highest BCUT2D eigenvalue weighted by Crippen LogP contribution is 2.21. The van der Waals surface area contributed by atoms with E-state index in [-0.39, 0.29) is 0 Å². The van der Waals surface area contributed by atoms with Crippen LogP contribution in [0.4, 0.5) is 0 Å². The Morgan fingerprint density at radius 1 is 1.19 bits per heavy atom. The Bertz CT molecular complexity index is 328. The van der Waals surface area contributed by atoms with Crippen molar-refractivity contribution in [1.82, 2.24) is 5.32 Å². The molecule has 0 amide bonds. The summed E-state index contributed by atoms with van der Waals surface area (Å²) in [5.74, 6) is 0. The minimum Gasteiger partial charge on any atom is -0.310 e. The van der Waals surface area contributed by atoms with Crippen LogP contribution in [0.1, 0.15) is 37.7 Å². The highest BCUT2D eigenvalue weighted by Gasteiger charge is 2.12. The van der Waals surface area contributed by atoms with Gasteiger partial charge in [-0.1, -0.05) is 46.8 Å². The molecule has 1 N–H and O–H groups in total. The van der Waals surface area contributed by atoms with Gasteiger partial charge in [0.25, 0.3) is 0 Å². The molecule has 1 aromatic rings. The summed E-state index contributed by atoms with van der Waals surface area (Å²) < 4.78 is 1.06. The van der Waals surface area contributed by atoms with E-state index in [0.29, 0.717) is 6.04 Å². The molecule has 1 aliphatic rings. The van der Waals surface area contributed by atoms with E-state index in [9.17, 15) is 0 Å². The van der Waals surface area contributed by atoms with Gasteiger partial charge in [0.15, 0.2) is 0 Å². The Kier molecular flexibility index (Phi) is 4.68. The van der Waals surface area contributed by atoms with Crippen molar-refractivity contribution >= 4 is 27.5 Å². The summed E-state index contributed by atoms with van der Waals surface area (Å²) >= 11 is 9.48. The minimum atomic E-state index is 0.700. The first kappa shape index (κ1) is 12.4. The molecule has 0 aromatic heterocycles. The second kappa shape index (κ2) is 6.04. The third kappa shape index (κ3) is 3.76. The van der Waals surface area contributed by atoms with E-state index in [4.69, 9.17) is 11.6 Å². The predicted molar refractivity (Wildman–Crippen MR) is 72.9 cm³/mol. The van der Waals surface area contributed by atoms with Crippen molar-refractivity contribution < 1.29 is 0 Å². The zero-order valence-electron chi connectivity index (χ0n) is 9.31. The first-order chi connectivity index (χ1) is 7.74. The second-order valence-corrected chi connectivity index (χ2v) is 5.85. The van der Waals surface area contributed by atoms with Crippen LogP contribution in [0, 0.1) is 0 Å². The number of rotatable bonds is 3. The maximum absolute atomic E-state index is 6.01. The van der Waals surface area contributed by atoms with E-state index in [1.165, 1.54) is 37.7 Å². The average Bonchev–Trinajstić information content (AvgIpc) is 2.27. The SMILES string of the molecule is Clc1cc(Br)cc(CNC2CCCCC2)c1. The number of hydrogen-bond acceptors (Lipinski definition) is 1. The Labute approximate surface area is 111 Å². The molecule has 1 aromatic carbocycles. The lowest BCUT2D eigenvalue weighted by Gasteiger charge is -2.22. The summed E-state index contributed by atoms with van der Waals surface area (Å²) in [7, 11) is 0. The van der Waals surface area contributed by atoms with Crippen LogP contribution < -0.4 is 5.32 Å². The van der Waals surface area contributed by atoms with E-state index >= 15 is 0 Å². The zero-order chi connectivity index (χ0) is 11.4. The van der Waals surface area contributed by atoms with Crippen molar-refractivity contribution in [3.63, 3.8) is 0 Å². The first-order valence-electron chi connectivity index (χ1n) is 5.92. The summed E-state index contributed by atoms with van der Waals surface area (Å²) in [6, 6.07) is 6.78. The topological polar surface area (TPSA) is 12.0 Å². The van der Waals surface area contributed by atoms with Crippen LogP contribution in [0.3, 0.4) is 0 Å². The molecular weight excluding hydrogens is 286 g/mol. The molecule has 88 valence electrons. The van der Waals surface area contributed by atoms with E-state index in [2.05, 4.69) is 27.3 Å². The van der Waals surface area contributed by atoms with Gasteiger partial charge in [0.1, 0.15) is 0 Å². The molecule has 2 rings (SSSR count). The second-order valence-electron chi connectivity index (χ2n) is 4.49. The Morgan fingerprint density at radius 2 is 1.94 bits per heavy atom. The molecule has 0 bridgehead atoms. The van der Waals surface area contributed by atoms with Crippen LogP contribution in [-0.2, 0) is 6.54 Å². The van der Waals surface area contributed by atoms with Crippen LogP contribution in [0.25, 0.3) is 0 Å². The van der Waals surface area contributed by atoms with E-state index < -0.39 is 0 Å². The van der Waals surface area contributed by atoms with Crippen molar-refractivity contribution in [2.75, 3.05) is 0 Å². The van der Waals surface area contributed by atoms with Gasteiger partial charge in [0.05, 0.1) is 0 Å². The molecule has 1 saturated carbocycles. The van der Waals surface area contributed by atoms with Gasteiger partial charge in [-0.05, 0) is 36.6 Å². The summed E-state index contributed by atoms with van der Waals surface area (Å²) in [6.45, 7) is 0.920. The zero-order valence-corrected chi connectivity index (χ0v) is 11.6. The van der Waals surface area contributed by atoms with Crippen molar-refractivity contribution in [3.05, 3.63) is 33.3 Å². The van der Waals surface area contributed by atoms with Gasteiger partial charge >= 0.3 is 0 Å². The van der Waals surface area contributed by atoms with Crippen molar-refractivity contribution in [1.29, 1.82) is 0 Å². The van der Waals surface area contributed by atoms with E-state index in [1.807, 2.05) is 12.1 Å². The highest BCUT2D eigenvalue weighted by molar-refractivity contribution is 9.10. The maximum Gasteiger partial charge on any atom is 0.0420 e. The lowest BCUT2D eigenvalue weighted by Crippen LogP contribution is -2.30. The number of benzene rings is 1. The highest BCUT2D eigenvalue weighted by atomic mass is 79.9. The normalized spacial score (nSPS) is 17.6. The Morgan fingerprint density at radius 3 is 2.62 bits per heavy atom. The fourth-order valence-electron chi connectivity index (χ4n) is 2.28. The number of hydrogen-bond donors (Lipinski definition) is 1. The molecular formula is C13H17BrClN. The standard InChI is InChI=1S/C13H17BrClN/c14-11-6-10(7-12(15)8-11)9-16-13-4-2-1-3-5-13/h6-8,13,16H,1-5,9H2. The van der Waals surface area contributed by atoms with Gasteiger partial charge < -0.3 is 5.32 Å². The molecule has 3 heteroatoms. The quantitative estimate of drug-likeness (QED) is 0.865.